The molecule has 5 nitrogen and oxygen atoms in total. The molecular weight excluding hydrogens is 324 g/mol. The number of anilines is 1. The van der Waals surface area contributed by atoms with Crippen molar-refractivity contribution in [1.82, 2.24) is 14.9 Å². The number of carbonyl (C=O) groups excluding carboxylic acids is 1. The Balaban J connectivity index is 1.36. The molecule has 0 radical (unpaired) electrons. The summed E-state index contributed by atoms with van der Waals surface area (Å²) in [5.41, 5.74) is 2.59. The molecule has 1 unspecified atom stereocenters. The number of hydrogen-bond donors (Lipinski definition) is 0. The maximum Gasteiger partial charge on any atom is 0.225 e. The second kappa shape index (κ2) is 7.44. The van der Waals surface area contributed by atoms with Gasteiger partial charge in [-0.3, -0.25) is 4.79 Å². The van der Waals surface area contributed by atoms with Crippen LogP contribution in [-0.4, -0.2) is 47.0 Å². The zero-order chi connectivity index (χ0) is 17.9. The number of nitrogens with zero attached hydrogens (tertiary/aromatic N) is 4. The maximum atomic E-state index is 12.9. The van der Waals surface area contributed by atoms with E-state index in [1.807, 2.05) is 11.0 Å². The summed E-state index contributed by atoms with van der Waals surface area (Å²) in [5, 5.41) is 0. The summed E-state index contributed by atoms with van der Waals surface area (Å²) in [6, 6.07) is 10.6. The lowest BCUT2D eigenvalue weighted by molar-refractivity contribution is -0.132. The van der Waals surface area contributed by atoms with Gasteiger partial charge in [0, 0.05) is 45.0 Å². The Labute approximate surface area is 155 Å². The number of rotatable bonds is 5. The fourth-order valence-electron chi connectivity index (χ4n) is 3.80. The van der Waals surface area contributed by atoms with Crippen molar-refractivity contribution in [3.05, 3.63) is 53.9 Å². The number of carbonyl (C=O) groups is 1. The Morgan fingerprint density at radius 2 is 1.73 bits per heavy atom. The summed E-state index contributed by atoms with van der Waals surface area (Å²) in [7, 11) is 0. The molecule has 0 bridgehead atoms. The highest BCUT2D eigenvalue weighted by Gasteiger charge is 2.35. The summed E-state index contributed by atoms with van der Waals surface area (Å²) in [5.74, 6) is 2.10. The van der Waals surface area contributed by atoms with Crippen LogP contribution in [-0.2, 0) is 4.79 Å². The molecule has 1 aliphatic carbocycles. The van der Waals surface area contributed by atoms with Gasteiger partial charge in [-0.25, -0.2) is 9.97 Å². The van der Waals surface area contributed by atoms with Gasteiger partial charge in [-0.1, -0.05) is 29.8 Å². The van der Waals surface area contributed by atoms with Crippen LogP contribution in [0.4, 0.5) is 5.95 Å². The predicted molar refractivity (Wildman–Crippen MR) is 102 cm³/mol. The van der Waals surface area contributed by atoms with E-state index in [-0.39, 0.29) is 5.91 Å². The van der Waals surface area contributed by atoms with E-state index in [1.54, 1.807) is 12.4 Å². The first-order valence-electron chi connectivity index (χ1n) is 9.57. The van der Waals surface area contributed by atoms with Gasteiger partial charge in [0.15, 0.2) is 0 Å². The number of benzene rings is 1. The van der Waals surface area contributed by atoms with Gasteiger partial charge in [0.05, 0.1) is 0 Å². The number of hydrogen-bond acceptors (Lipinski definition) is 4. The van der Waals surface area contributed by atoms with Crippen LogP contribution in [0.1, 0.15) is 36.3 Å². The molecule has 2 aliphatic rings. The average Bonchev–Trinajstić information content (AvgIpc) is 3.53. The quantitative estimate of drug-likeness (QED) is 0.832. The lowest BCUT2D eigenvalue weighted by Crippen LogP contribution is -2.49. The van der Waals surface area contributed by atoms with Crippen molar-refractivity contribution in [2.45, 2.75) is 32.1 Å². The van der Waals surface area contributed by atoms with E-state index in [0.29, 0.717) is 18.3 Å². The van der Waals surface area contributed by atoms with E-state index in [9.17, 15) is 4.79 Å². The zero-order valence-electron chi connectivity index (χ0n) is 15.3. The van der Waals surface area contributed by atoms with Crippen LogP contribution >= 0.6 is 0 Å². The maximum absolute atomic E-state index is 12.9. The summed E-state index contributed by atoms with van der Waals surface area (Å²) in [6.45, 7) is 5.21. The summed E-state index contributed by atoms with van der Waals surface area (Å²) >= 11 is 0. The number of piperazine rings is 1. The molecular formula is C21H26N4O. The van der Waals surface area contributed by atoms with Crippen molar-refractivity contribution in [2.75, 3.05) is 31.1 Å². The topological polar surface area (TPSA) is 49.3 Å². The van der Waals surface area contributed by atoms with E-state index >= 15 is 0 Å². The van der Waals surface area contributed by atoms with Crippen molar-refractivity contribution >= 4 is 11.9 Å². The fraction of sp³-hybridized carbons (Fsp3) is 0.476. The smallest absolute Gasteiger partial charge is 0.225 e. The summed E-state index contributed by atoms with van der Waals surface area (Å²) < 4.78 is 0. The van der Waals surface area contributed by atoms with Crippen LogP contribution in [0.25, 0.3) is 0 Å². The largest absolute Gasteiger partial charge is 0.339 e. The molecule has 0 N–H and O–H groups in total. The number of amides is 1. The second-order valence-electron chi connectivity index (χ2n) is 7.48. The first-order valence-corrected chi connectivity index (χ1v) is 9.57. The van der Waals surface area contributed by atoms with Crippen LogP contribution in [0.5, 0.6) is 0 Å². The van der Waals surface area contributed by atoms with E-state index in [0.717, 1.165) is 32.1 Å². The molecule has 1 aliphatic heterocycles. The molecule has 1 aromatic carbocycles. The lowest BCUT2D eigenvalue weighted by atomic mass is 9.90. The van der Waals surface area contributed by atoms with E-state index in [4.69, 9.17) is 0 Å². The molecule has 2 fully saturated rings. The van der Waals surface area contributed by atoms with Crippen LogP contribution in [0, 0.1) is 12.8 Å². The average molecular weight is 350 g/mol. The zero-order valence-corrected chi connectivity index (χ0v) is 15.3. The number of aryl methyl sites for hydroxylation is 1. The van der Waals surface area contributed by atoms with Gasteiger partial charge >= 0.3 is 0 Å². The van der Waals surface area contributed by atoms with Gasteiger partial charge < -0.3 is 9.80 Å². The molecule has 2 heterocycles. The molecule has 1 saturated carbocycles. The van der Waals surface area contributed by atoms with Crippen LogP contribution < -0.4 is 4.90 Å². The van der Waals surface area contributed by atoms with Crippen LogP contribution in [0.15, 0.2) is 42.7 Å². The van der Waals surface area contributed by atoms with Crippen molar-refractivity contribution < 1.29 is 4.79 Å². The molecule has 5 heteroatoms. The minimum atomic E-state index is 0.288. The molecule has 1 amide bonds. The van der Waals surface area contributed by atoms with E-state index < -0.39 is 0 Å². The van der Waals surface area contributed by atoms with E-state index in [2.05, 4.69) is 46.1 Å². The molecule has 1 aromatic heterocycles. The third-order valence-corrected chi connectivity index (χ3v) is 5.56. The minimum Gasteiger partial charge on any atom is -0.339 e. The first kappa shape index (κ1) is 17.0. The standard InChI is InChI=1S/C21H26N4O/c1-16-3-5-17(6-4-16)19(18-7-8-18)15-20(26)24-11-13-25(14-12-24)21-22-9-2-10-23-21/h2-6,9-10,18-19H,7-8,11-15H2,1H3. The Hall–Kier alpha value is -2.43. The van der Waals surface area contributed by atoms with Gasteiger partial charge in [0.1, 0.15) is 0 Å². The van der Waals surface area contributed by atoms with Crippen molar-refractivity contribution in [1.29, 1.82) is 0 Å². The van der Waals surface area contributed by atoms with Crippen molar-refractivity contribution in [3.63, 3.8) is 0 Å². The Morgan fingerprint density at radius 3 is 2.35 bits per heavy atom. The monoisotopic (exact) mass is 350 g/mol. The van der Waals surface area contributed by atoms with E-state index in [1.165, 1.54) is 24.0 Å². The van der Waals surface area contributed by atoms with Crippen LogP contribution in [0.2, 0.25) is 0 Å². The molecule has 136 valence electrons. The Morgan fingerprint density at radius 1 is 1.08 bits per heavy atom. The Bertz CT molecular complexity index is 734. The molecule has 4 rings (SSSR count). The highest BCUT2D eigenvalue weighted by molar-refractivity contribution is 5.77. The molecule has 1 atom stereocenters. The molecule has 0 spiro atoms. The minimum absolute atomic E-state index is 0.288. The second-order valence-corrected chi connectivity index (χ2v) is 7.48. The predicted octanol–water partition coefficient (Wildman–Crippen LogP) is 3.02. The number of aromatic nitrogens is 2. The summed E-state index contributed by atoms with van der Waals surface area (Å²) in [4.78, 5) is 25.7. The van der Waals surface area contributed by atoms with Gasteiger partial charge in [-0.2, -0.15) is 0 Å². The van der Waals surface area contributed by atoms with Gasteiger partial charge in [0.25, 0.3) is 0 Å². The molecule has 2 aromatic rings. The molecule has 26 heavy (non-hydrogen) atoms. The first-order chi connectivity index (χ1) is 12.7. The SMILES string of the molecule is Cc1ccc(C(CC(=O)N2CCN(c3ncccn3)CC2)C2CC2)cc1. The van der Waals surface area contributed by atoms with Gasteiger partial charge in [-0.05, 0) is 43.2 Å². The fourth-order valence-corrected chi connectivity index (χ4v) is 3.80. The van der Waals surface area contributed by atoms with Crippen molar-refractivity contribution in [3.8, 4) is 0 Å². The summed E-state index contributed by atoms with van der Waals surface area (Å²) in [6.07, 6.45) is 6.68. The van der Waals surface area contributed by atoms with Gasteiger partial charge in [0.2, 0.25) is 11.9 Å². The van der Waals surface area contributed by atoms with Crippen molar-refractivity contribution in [2.24, 2.45) is 5.92 Å². The van der Waals surface area contributed by atoms with Crippen LogP contribution in [0.3, 0.4) is 0 Å². The lowest BCUT2D eigenvalue weighted by Gasteiger charge is -2.35. The highest BCUT2D eigenvalue weighted by Crippen LogP contribution is 2.44. The normalized spacial score (nSPS) is 18.7. The third kappa shape index (κ3) is 3.87. The highest BCUT2D eigenvalue weighted by atomic mass is 16.2. The Kier molecular flexibility index (Phi) is 4.87. The molecule has 1 saturated heterocycles. The third-order valence-electron chi connectivity index (χ3n) is 5.56. The van der Waals surface area contributed by atoms with Gasteiger partial charge in [-0.15, -0.1) is 0 Å².